The van der Waals surface area contributed by atoms with Crippen LogP contribution >= 0.6 is 0 Å². The lowest BCUT2D eigenvalue weighted by atomic mass is 9.80. The van der Waals surface area contributed by atoms with Crippen molar-refractivity contribution >= 4 is 5.65 Å². The highest BCUT2D eigenvalue weighted by atomic mass is 19.4. The fraction of sp³-hybridized carbons (Fsp3) is 0.684. The van der Waals surface area contributed by atoms with Gasteiger partial charge >= 0.3 is 6.18 Å². The molecule has 1 atom stereocenters. The van der Waals surface area contributed by atoms with Crippen LogP contribution in [0, 0.1) is 12.8 Å². The lowest BCUT2D eigenvalue weighted by Crippen LogP contribution is -2.27. The van der Waals surface area contributed by atoms with Crippen molar-refractivity contribution in [1.82, 2.24) is 14.6 Å². The normalized spacial score (nSPS) is 27.8. The van der Waals surface area contributed by atoms with Gasteiger partial charge in [0.05, 0.1) is 23.9 Å². The van der Waals surface area contributed by atoms with E-state index < -0.39 is 12.1 Å². The monoisotopic (exact) mass is 367 g/mol. The van der Waals surface area contributed by atoms with Gasteiger partial charge in [0.25, 0.3) is 0 Å². The summed E-state index contributed by atoms with van der Waals surface area (Å²) in [5.74, 6) is -0.779. The molecular weight excluding hydrogens is 343 g/mol. The number of ether oxygens (including phenoxy) is 1. The third kappa shape index (κ3) is 3.46. The molecule has 0 radical (unpaired) electrons. The van der Waals surface area contributed by atoms with Gasteiger partial charge in [-0.3, -0.25) is 0 Å². The van der Waals surface area contributed by atoms with E-state index in [1.165, 1.54) is 0 Å². The molecule has 2 aliphatic rings. The number of nitrogens with zero attached hydrogens (tertiary/aromatic N) is 3. The van der Waals surface area contributed by atoms with Gasteiger partial charge in [0, 0.05) is 30.2 Å². The van der Waals surface area contributed by atoms with E-state index in [9.17, 15) is 13.2 Å². The predicted octanol–water partition coefficient (Wildman–Crippen LogP) is 4.77. The van der Waals surface area contributed by atoms with E-state index in [1.807, 2.05) is 17.5 Å². The largest absolute Gasteiger partial charge is 0.391 e. The predicted molar refractivity (Wildman–Crippen MR) is 91.3 cm³/mol. The van der Waals surface area contributed by atoms with Crippen molar-refractivity contribution in [2.45, 2.75) is 63.5 Å². The standard InChI is InChI=1S/C19H24F3N3O/c1-12-9-17(14-3-2-8-26-11-14)25-18(23-12)10-16(24-25)13-4-6-15(7-5-13)19(20,21)22/h9-10,13-15H,2-8,11H2,1H3/t13?,14-,15?/m1/s1. The fourth-order valence-electron chi connectivity index (χ4n) is 4.33. The first-order valence-corrected chi connectivity index (χ1v) is 9.43. The zero-order valence-corrected chi connectivity index (χ0v) is 14.9. The highest BCUT2D eigenvalue weighted by Crippen LogP contribution is 2.42. The Morgan fingerprint density at radius 1 is 1.08 bits per heavy atom. The van der Waals surface area contributed by atoms with E-state index in [2.05, 4.69) is 11.1 Å². The molecule has 2 fully saturated rings. The fourth-order valence-corrected chi connectivity index (χ4v) is 4.33. The maximum Gasteiger partial charge on any atom is 0.391 e. The summed E-state index contributed by atoms with van der Waals surface area (Å²) >= 11 is 0. The molecule has 0 aromatic carbocycles. The van der Waals surface area contributed by atoms with E-state index in [0.29, 0.717) is 25.4 Å². The van der Waals surface area contributed by atoms with E-state index in [-0.39, 0.29) is 18.8 Å². The second kappa shape index (κ2) is 6.83. The lowest BCUT2D eigenvalue weighted by Gasteiger charge is -2.28. The molecule has 26 heavy (non-hydrogen) atoms. The van der Waals surface area contributed by atoms with E-state index in [0.717, 1.165) is 42.2 Å². The van der Waals surface area contributed by atoms with E-state index >= 15 is 0 Å². The van der Waals surface area contributed by atoms with Crippen molar-refractivity contribution in [2.24, 2.45) is 5.92 Å². The van der Waals surface area contributed by atoms with Crippen LogP contribution in [0.3, 0.4) is 0 Å². The molecule has 0 amide bonds. The summed E-state index contributed by atoms with van der Waals surface area (Å²) in [4.78, 5) is 4.58. The summed E-state index contributed by atoms with van der Waals surface area (Å²) in [5.41, 5.74) is 3.70. The Morgan fingerprint density at radius 2 is 1.85 bits per heavy atom. The first-order chi connectivity index (χ1) is 12.4. The van der Waals surface area contributed by atoms with Gasteiger partial charge < -0.3 is 4.74 Å². The minimum Gasteiger partial charge on any atom is -0.381 e. The summed E-state index contributed by atoms with van der Waals surface area (Å²) in [7, 11) is 0. The van der Waals surface area contributed by atoms with Gasteiger partial charge in [-0.1, -0.05) is 0 Å². The molecule has 142 valence electrons. The van der Waals surface area contributed by atoms with Crippen LogP contribution in [0.5, 0.6) is 0 Å². The molecule has 2 aromatic rings. The topological polar surface area (TPSA) is 39.4 Å². The second-order valence-corrected chi connectivity index (χ2v) is 7.67. The van der Waals surface area contributed by atoms with Crippen molar-refractivity contribution in [3.63, 3.8) is 0 Å². The smallest absolute Gasteiger partial charge is 0.381 e. The molecule has 0 bridgehead atoms. The number of rotatable bonds is 2. The zero-order valence-electron chi connectivity index (χ0n) is 14.9. The van der Waals surface area contributed by atoms with Crippen LogP contribution in [-0.2, 0) is 4.74 Å². The summed E-state index contributed by atoms with van der Waals surface area (Å²) in [6.07, 6.45) is -0.524. The lowest BCUT2D eigenvalue weighted by molar-refractivity contribution is -0.182. The molecule has 1 aliphatic carbocycles. The summed E-state index contributed by atoms with van der Waals surface area (Å²) in [6.45, 7) is 3.45. The Kier molecular flexibility index (Phi) is 4.67. The Balaban J connectivity index is 1.60. The average molecular weight is 367 g/mol. The van der Waals surface area contributed by atoms with Crippen LogP contribution in [0.25, 0.3) is 5.65 Å². The molecule has 0 spiro atoms. The van der Waals surface area contributed by atoms with Crippen molar-refractivity contribution < 1.29 is 17.9 Å². The number of halogens is 3. The maximum absolute atomic E-state index is 12.9. The molecule has 1 saturated carbocycles. The third-order valence-corrected chi connectivity index (χ3v) is 5.79. The summed E-state index contributed by atoms with van der Waals surface area (Å²) < 4.78 is 46.2. The van der Waals surface area contributed by atoms with Crippen LogP contribution in [0.15, 0.2) is 12.1 Å². The highest BCUT2D eigenvalue weighted by Gasteiger charge is 2.42. The van der Waals surface area contributed by atoms with Gasteiger partial charge in [-0.05, 0) is 51.5 Å². The SMILES string of the molecule is Cc1cc([C@@H]2CCCOC2)n2nc(C3CCC(C(F)(F)F)CC3)cc2n1. The van der Waals surface area contributed by atoms with Crippen molar-refractivity contribution in [3.8, 4) is 0 Å². The van der Waals surface area contributed by atoms with Crippen molar-refractivity contribution in [2.75, 3.05) is 13.2 Å². The first-order valence-electron chi connectivity index (χ1n) is 9.43. The van der Waals surface area contributed by atoms with Crippen LogP contribution < -0.4 is 0 Å². The summed E-state index contributed by atoms with van der Waals surface area (Å²) in [5, 5.41) is 4.76. The Labute approximate surface area is 150 Å². The van der Waals surface area contributed by atoms with Crippen molar-refractivity contribution in [3.05, 3.63) is 29.2 Å². The Morgan fingerprint density at radius 3 is 2.50 bits per heavy atom. The molecule has 7 heteroatoms. The quantitative estimate of drug-likeness (QED) is 0.768. The number of fused-ring (bicyclic) bond motifs is 1. The number of hydrogen-bond donors (Lipinski definition) is 0. The number of aromatic nitrogens is 3. The molecule has 2 aromatic heterocycles. The van der Waals surface area contributed by atoms with Crippen LogP contribution in [0.1, 0.15) is 67.4 Å². The Hall–Kier alpha value is -1.63. The number of aryl methyl sites for hydroxylation is 1. The molecular formula is C19H24F3N3O. The number of alkyl halides is 3. The first kappa shape index (κ1) is 17.8. The molecule has 4 nitrogen and oxygen atoms in total. The van der Waals surface area contributed by atoms with Crippen LogP contribution in [0.4, 0.5) is 13.2 Å². The summed E-state index contributed by atoms with van der Waals surface area (Å²) in [6, 6.07) is 4.02. The van der Waals surface area contributed by atoms with Gasteiger partial charge in [0.15, 0.2) is 5.65 Å². The van der Waals surface area contributed by atoms with E-state index in [4.69, 9.17) is 9.84 Å². The van der Waals surface area contributed by atoms with Crippen molar-refractivity contribution in [1.29, 1.82) is 0 Å². The maximum atomic E-state index is 12.9. The molecule has 0 N–H and O–H groups in total. The zero-order chi connectivity index (χ0) is 18.3. The highest BCUT2D eigenvalue weighted by molar-refractivity contribution is 5.43. The second-order valence-electron chi connectivity index (χ2n) is 7.67. The number of hydrogen-bond acceptors (Lipinski definition) is 3. The molecule has 0 unspecified atom stereocenters. The molecule has 1 saturated heterocycles. The minimum atomic E-state index is -4.07. The van der Waals surface area contributed by atoms with Gasteiger partial charge in [-0.2, -0.15) is 18.3 Å². The van der Waals surface area contributed by atoms with Crippen LogP contribution in [-0.4, -0.2) is 34.0 Å². The Bertz CT molecular complexity index is 772. The van der Waals surface area contributed by atoms with Gasteiger partial charge in [0.1, 0.15) is 0 Å². The third-order valence-electron chi connectivity index (χ3n) is 5.79. The van der Waals surface area contributed by atoms with E-state index in [1.54, 1.807) is 0 Å². The molecule has 4 rings (SSSR count). The minimum absolute atomic E-state index is 0.0889. The molecule has 3 heterocycles. The average Bonchev–Trinajstić information content (AvgIpc) is 3.05. The molecule has 1 aliphatic heterocycles. The van der Waals surface area contributed by atoms with Crippen LogP contribution in [0.2, 0.25) is 0 Å². The van der Waals surface area contributed by atoms with Gasteiger partial charge in [0.2, 0.25) is 0 Å². The van der Waals surface area contributed by atoms with Gasteiger partial charge in [-0.15, -0.1) is 0 Å². The van der Waals surface area contributed by atoms with Gasteiger partial charge in [-0.25, -0.2) is 9.50 Å².